The molecule has 0 saturated heterocycles. The van der Waals surface area contributed by atoms with E-state index in [1.165, 1.54) is 32.4 Å². The Hall–Kier alpha value is -3.35. The number of amides is 1. The number of rotatable bonds is 6. The molecule has 2 rings (SSSR count). The van der Waals surface area contributed by atoms with Crippen LogP contribution in [0.25, 0.3) is 0 Å². The molecule has 0 aliphatic heterocycles. The molecule has 1 N–H and O–H groups in total. The molecule has 1 amide bonds. The molecule has 0 saturated carbocycles. The number of nitrogens with one attached hydrogen (secondary N) is 1. The summed E-state index contributed by atoms with van der Waals surface area (Å²) in [5.74, 6) is -0.926. The molecule has 0 spiro atoms. The smallest absolute Gasteiger partial charge is 0.338 e. The number of methoxy groups -OCH3 is 3. The summed E-state index contributed by atoms with van der Waals surface area (Å²) in [6.45, 7) is 0. The normalized spacial score (nSPS) is 9.96. The lowest BCUT2D eigenvalue weighted by Crippen LogP contribution is -2.16. The standard InChI is InChI=1S/C19H19NO6/c1-24-14-7-4-12(5-8-14)10-17(21)20-13-6-9-15(18(22)25-2)16(11-13)19(23)26-3/h4-9,11H,10H2,1-3H3,(H,20,21). The van der Waals surface area contributed by atoms with Gasteiger partial charge < -0.3 is 19.5 Å². The number of ether oxygens (including phenoxy) is 3. The summed E-state index contributed by atoms with van der Waals surface area (Å²) < 4.78 is 14.4. The van der Waals surface area contributed by atoms with E-state index in [-0.39, 0.29) is 23.5 Å². The number of esters is 2. The summed E-state index contributed by atoms with van der Waals surface area (Å²) in [6, 6.07) is 11.4. The molecule has 0 unspecified atom stereocenters. The number of anilines is 1. The second kappa shape index (κ2) is 8.66. The van der Waals surface area contributed by atoms with E-state index < -0.39 is 11.9 Å². The van der Waals surface area contributed by atoms with E-state index in [9.17, 15) is 14.4 Å². The summed E-state index contributed by atoms with van der Waals surface area (Å²) in [5.41, 5.74) is 1.26. The van der Waals surface area contributed by atoms with E-state index in [1.807, 2.05) is 0 Å². The van der Waals surface area contributed by atoms with Crippen LogP contribution in [-0.2, 0) is 20.7 Å². The van der Waals surface area contributed by atoms with Crippen LogP contribution in [0.4, 0.5) is 5.69 Å². The van der Waals surface area contributed by atoms with Crippen molar-refractivity contribution in [1.29, 1.82) is 0 Å². The van der Waals surface area contributed by atoms with Crippen molar-refractivity contribution in [2.24, 2.45) is 0 Å². The molecule has 2 aromatic rings. The summed E-state index contributed by atoms with van der Waals surface area (Å²) in [7, 11) is 3.99. The van der Waals surface area contributed by atoms with Crippen molar-refractivity contribution in [1.82, 2.24) is 0 Å². The predicted octanol–water partition coefficient (Wildman–Crippen LogP) is 2.45. The highest BCUT2D eigenvalue weighted by molar-refractivity contribution is 6.04. The van der Waals surface area contributed by atoms with Gasteiger partial charge in [-0.15, -0.1) is 0 Å². The van der Waals surface area contributed by atoms with Gasteiger partial charge in [0, 0.05) is 5.69 Å². The minimum Gasteiger partial charge on any atom is -0.497 e. The van der Waals surface area contributed by atoms with E-state index in [4.69, 9.17) is 4.74 Å². The SMILES string of the molecule is COC(=O)c1ccc(NC(=O)Cc2ccc(OC)cc2)cc1C(=O)OC. The van der Waals surface area contributed by atoms with Crippen molar-refractivity contribution in [3.8, 4) is 5.75 Å². The largest absolute Gasteiger partial charge is 0.497 e. The van der Waals surface area contributed by atoms with Gasteiger partial charge in [-0.2, -0.15) is 0 Å². The van der Waals surface area contributed by atoms with E-state index in [0.717, 1.165) is 5.56 Å². The van der Waals surface area contributed by atoms with Gasteiger partial charge in [-0.05, 0) is 35.9 Å². The average molecular weight is 357 g/mol. The van der Waals surface area contributed by atoms with Crippen molar-refractivity contribution in [3.63, 3.8) is 0 Å². The van der Waals surface area contributed by atoms with Gasteiger partial charge in [0.2, 0.25) is 5.91 Å². The summed E-state index contributed by atoms with van der Waals surface area (Å²) >= 11 is 0. The highest BCUT2D eigenvalue weighted by Crippen LogP contribution is 2.19. The zero-order valence-electron chi connectivity index (χ0n) is 14.7. The van der Waals surface area contributed by atoms with Crippen LogP contribution in [0.5, 0.6) is 5.75 Å². The lowest BCUT2D eigenvalue weighted by Gasteiger charge is -2.10. The van der Waals surface area contributed by atoms with Crippen LogP contribution < -0.4 is 10.1 Å². The fourth-order valence-electron chi connectivity index (χ4n) is 2.32. The maximum absolute atomic E-state index is 12.2. The fraction of sp³-hybridized carbons (Fsp3) is 0.211. The Morgan fingerprint density at radius 3 is 2.04 bits per heavy atom. The maximum Gasteiger partial charge on any atom is 0.338 e. The van der Waals surface area contributed by atoms with E-state index in [0.29, 0.717) is 11.4 Å². The van der Waals surface area contributed by atoms with Crippen molar-refractivity contribution >= 4 is 23.5 Å². The number of carbonyl (C=O) groups excluding carboxylic acids is 3. The van der Waals surface area contributed by atoms with Gasteiger partial charge in [-0.25, -0.2) is 9.59 Å². The fourth-order valence-corrected chi connectivity index (χ4v) is 2.32. The highest BCUT2D eigenvalue weighted by Gasteiger charge is 2.19. The molecule has 0 fully saturated rings. The third-order valence-corrected chi connectivity index (χ3v) is 3.64. The van der Waals surface area contributed by atoms with E-state index in [1.54, 1.807) is 31.4 Å². The minimum absolute atomic E-state index is 0.0154. The third-order valence-electron chi connectivity index (χ3n) is 3.64. The van der Waals surface area contributed by atoms with Gasteiger partial charge >= 0.3 is 11.9 Å². The lowest BCUT2D eigenvalue weighted by molar-refractivity contribution is -0.115. The van der Waals surface area contributed by atoms with Gasteiger partial charge in [0.1, 0.15) is 5.75 Å². The molecule has 0 radical (unpaired) electrons. The lowest BCUT2D eigenvalue weighted by atomic mass is 10.1. The first-order chi connectivity index (χ1) is 12.5. The van der Waals surface area contributed by atoms with Crippen LogP contribution >= 0.6 is 0 Å². The number of carbonyl (C=O) groups is 3. The van der Waals surface area contributed by atoms with Crippen LogP contribution in [0, 0.1) is 0 Å². The molecule has 0 atom stereocenters. The van der Waals surface area contributed by atoms with Crippen LogP contribution in [0.15, 0.2) is 42.5 Å². The van der Waals surface area contributed by atoms with E-state index >= 15 is 0 Å². The van der Waals surface area contributed by atoms with Crippen molar-refractivity contribution in [2.75, 3.05) is 26.6 Å². The third kappa shape index (κ3) is 4.60. The number of hydrogen-bond donors (Lipinski definition) is 1. The zero-order valence-corrected chi connectivity index (χ0v) is 14.7. The van der Waals surface area contributed by atoms with Gasteiger partial charge in [-0.3, -0.25) is 4.79 Å². The monoisotopic (exact) mass is 357 g/mol. The molecule has 0 heterocycles. The Balaban J connectivity index is 2.16. The first-order valence-corrected chi connectivity index (χ1v) is 7.72. The Morgan fingerprint density at radius 2 is 1.46 bits per heavy atom. The second-order valence-electron chi connectivity index (χ2n) is 5.32. The molecule has 0 aliphatic carbocycles. The van der Waals surface area contributed by atoms with Crippen LogP contribution in [0.3, 0.4) is 0 Å². The second-order valence-corrected chi connectivity index (χ2v) is 5.32. The number of hydrogen-bond acceptors (Lipinski definition) is 6. The molecule has 7 nitrogen and oxygen atoms in total. The number of benzene rings is 2. The Kier molecular flexibility index (Phi) is 6.32. The van der Waals surface area contributed by atoms with Crippen LogP contribution in [0.2, 0.25) is 0 Å². The minimum atomic E-state index is -0.698. The molecule has 0 aromatic heterocycles. The van der Waals surface area contributed by atoms with Gasteiger partial charge in [0.25, 0.3) is 0 Å². The van der Waals surface area contributed by atoms with Crippen LogP contribution in [-0.4, -0.2) is 39.2 Å². The molecule has 0 bridgehead atoms. The first-order valence-electron chi connectivity index (χ1n) is 7.72. The molecule has 0 aliphatic rings. The predicted molar refractivity (Wildman–Crippen MR) is 94.4 cm³/mol. The van der Waals surface area contributed by atoms with Crippen molar-refractivity contribution in [3.05, 3.63) is 59.2 Å². The van der Waals surface area contributed by atoms with Gasteiger partial charge in [0.05, 0.1) is 38.9 Å². The Bertz CT molecular complexity index is 813. The molecular formula is C19H19NO6. The quantitative estimate of drug-likeness (QED) is 0.799. The summed E-state index contributed by atoms with van der Waals surface area (Å²) in [4.78, 5) is 35.9. The zero-order chi connectivity index (χ0) is 19.1. The van der Waals surface area contributed by atoms with Crippen molar-refractivity contribution in [2.45, 2.75) is 6.42 Å². The average Bonchev–Trinajstić information content (AvgIpc) is 2.67. The van der Waals surface area contributed by atoms with Crippen LogP contribution in [0.1, 0.15) is 26.3 Å². The van der Waals surface area contributed by atoms with E-state index in [2.05, 4.69) is 14.8 Å². The first kappa shape index (κ1) is 19.0. The maximum atomic E-state index is 12.2. The molecule has 7 heteroatoms. The molecular weight excluding hydrogens is 338 g/mol. The van der Waals surface area contributed by atoms with Gasteiger partial charge in [0.15, 0.2) is 0 Å². The molecule has 2 aromatic carbocycles. The topological polar surface area (TPSA) is 90.9 Å². The molecule has 136 valence electrons. The summed E-state index contributed by atoms with van der Waals surface area (Å²) in [6.07, 6.45) is 0.149. The van der Waals surface area contributed by atoms with Gasteiger partial charge in [-0.1, -0.05) is 12.1 Å². The Morgan fingerprint density at radius 1 is 0.846 bits per heavy atom. The highest BCUT2D eigenvalue weighted by atomic mass is 16.5. The van der Waals surface area contributed by atoms with Crippen molar-refractivity contribution < 1.29 is 28.6 Å². The summed E-state index contributed by atoms with van der Waals surface area (Å²) in [5, 5.41) is 2.69. The molecule has 26 heavy (non-hydrogen) atoms. The Labute approximate surface area is 150 Å².